The molecule has 1 aliphatic rings. The number of benzene rings is 1. The van der Waals surface area contributed by atoms with Gasteiger partial charge in [0.1, 0.15) is 0 Å². The van der Waals surface area contributed by atoms with E-state index < -0.39 is 0 Å². The lowest BCUT2D eigenvalue weighted by Crippen LogP contribution is -2.36. The molecule has 0 heterocycles. The van der Waals surface area contributed by atoms with E-state index in [0.29, 0.717) is 6.42 Å². The molecule has 0 saturated heterocycles. The Balaban J connectivity index is 2.08. The highest BCUT2D eigenvalue weighted by Gasteiger charge is 2.20. The van der Waals surface area contributed by atoms with E-state index >= 15 is 0 Å². The molecule has 0 unspecified atom stereocenters. The molecule has 114 valence electrons. The molecule has 1 saturated carbocycles. The molecular formula is C19H27NO. The van der Waals surface area contributed by atoms with Crippen LogP contribution >= 0.6 is 0 Å². The third kappa shape index (κ3) is 4.88. The van der Waals surface area contributed by atoms with Gasteiger partial charge in [-0.25, -0.2) is 0 Å². The lowest BCUT2D eigenvalue weighted by molar-refractivity contribution is 0.156. The highest BCUT2D eigenvalue weighted by atomic mass is 16.2. The maximum absolute atomic E-state index is 8.86. The Bertz CT molecular complexity index is 480. The molecule has 2 nitrogen and oxygen atoms in total. The fourth-order valence-corrected chi connectivity index (χ4v) is 3.16. The molecule has 1 fully saturated rings. The Morgan fingerprint density at radius 2 is 1.95 bits per heavy atom. The van der Waals surface area contributed by atoms with Crippen LogP contribution < -0.4 is 0 Å². The first-order valence-electron chi connectivity index (χ1n) is 8.26. The average Bonchev–Trinajstić information content (AvgIpc) is 2.55. The standard InChI is InChI=1S/C19H27NO/c1-2-20(19-13-4-3-5-14-19)16-18-12-7-6-10-17(18)11-8-9-15-21/h6-7,10,12,19,21H,2-5,9,13-16H2,1H3. The zero-order valence-corrected chi connectivity index (χ0v) is 13.1. The average molecular weight is 285 g/mol. The molecule has 1 aliphatic carbocycles. The van der Waals surface area contributed by atoms with E-state index in [4.69, 9.17) is 5.11 Å². The van der Waals surface area contributed by atoms with Gasteiger partial charge in [-0.05, 0) is 31.0 Å². The minimum Gasteiger partial charge on any atom is -0.395 e. The van der Waals surface area contributed by atoms with E-state index in [2.05, 4.69) is 41.9 Å². The highest BCUT2D eigenvalue weighted by molar-refractivity contribution is 5.41. The first-order chi connectivity index (χ1) is 10.3. The molecule has 0 radical (unpaired) electrons. The monoisotopic (exact) mass is 285 g/mol. The van der Waals surface area contributed by atoms with Gasteiger partial charge in [-0.15, -0.1) is 0 Å². The Morgan fingerprint density at radius 3 is 2.67 bits per heavy atom. The van der Waals surface area contributed by atoms with E-state index in [1.165, 1.54) is 37.7 Å². The summed E-state index contributed by atoms with van der Waals surface area (Å²) >= 11 is 0. The number of aliphatic hydroxyl groups excluding tert-OH is 1. The second-order valence-corrected chi connectivity index (χ2v) is 5.79. The first-order valence-corrected chi connectivity index (χ1v) is 8.26. The van der Waals surface area contributed by atoms with Crippen molar-refractivity contribution in [3.8, 4) is 11.8 Å². The molecule has 1 aromatic carbocycles. The van der Waals surface area contributed by atoms with Gasteiger partial charge in [0.15, 0.2) is 0 Å². The van der Waals surface area contributed by atoms with Crippen LogP contribution in [0, 0.1) is 11.8 Å². The van der Waals surface area contributed by atoms with Crippen LogP contribution in [-0.4, -0.2) is 29.2 Å². The predicted molar refractivity (Wildman–Crippen MR) is 88.0 cm³/mol. The maximum Gasteiger partial charge on any atom is 0.0540 e. The van der Waals surface area contributed by atoms with Crippen LogP contribution in [0.2, 0.25) is 0 Å². The molecule has 0 aliphatic heterocycles. The summed E-state index contributed by atoms with van der Waals surface area (Å²) in [5, 5.41) is 8.86. The fourth-order valence-electron chi connectivity index (χ4n) is 3.16. The summed E-state index contributed by atoms with van der Waals surface area (Å²) in [4.78, 5) is 2.60. The zero-order valence-electron chi connectivity index (χ0n) is 13.1. The predicted octanol–water partition coefficient (Wildman–Crippen LogP) is 3.58. The lowest BCUT2D eigenvalue weighted by Gasteiger charge is -2.33. The van der Waals surface area contributed by atoms with E-state index in [-0.39, 0.29) is 6.61 Å². The second kappa shape index (κ2) is 8.87. The molecule has 1 N–H and O–H groups in total. The van der Waals surface area contributed by atoms with Gasteiger partial charge in [-0.3, -0.25) is 4.90 Å². The van der Waals surface area contributed by atoms with Crippen molar-refractivity contribution in [2.24, 2.45) is 0 Å². The van der Waals surface area contributed by atoms with Crippen molar-refractivity contribution in [1.29, 1.82) is 0 Å². The summed E-state index contributed by atoms with van der Waals surface area (Å²) in [5.41, 5.74) is 2.43. The quantitative estimate of drug-likeness (QED) is 0.836. The normalized spacial score (nSPS) is 15.8. The molecule has 0 bridgehead atoms. The topological polar surface area (TPSA) is 23.5 Å². The molecule has 0 aromatic heterocycles. The maximum atomic E-state index is 8.86. The van der Waals surface area contributed by atoms with Gasteiger partial charge in [0.05, 0.1) is 6.61 Å². The summed E-state index contributed by atoms with van der Waals surface area (Å²) in [6, 6.07) is 9.16. The third-order valence-corrected chi connectivity index (χ3v) is 4.35. The van der Waals surface area contributed by atoms with E-state index in [1.54, 1.807) is 0 Å². The lowest BCUT2D eigenvalue weighted by atomic mass is 9.93. The van der Waals surface area contributed by atoms with Crippen LogP contribution in [0.3, 0.4) is 0 Å². The van der Waals surface area contributed by atoms with Crippen molar-refractivity contribution in [3.63, 3.8) is 0 Å². The number of rotatable bonds is 5. The highest BCUT2D eigenvalue weighted by Crippen LogP contribution is 2.24. The smallest absolute Gasteiger partial charge is 0.0540 e. The van der Waals surface area contributed by atoms with Gasteiger partial charge in [-0.2, -0.15) is 0 Å². The van der Waals surface area contributed by atoms with Crippen molar-refractivity contribution in [1.82, 2.24) is 4.90 Å². The third-order valence-electron chi connectivity index (χ3n) is 4.35. The largest absolute Gasteiger partial charge is 0.395 e. The summed E-state index contributed by atoms with van der Waals surface area (Å²) < 4.78 is 0. The van der Waals surface area contributed by atoms with Gasteiger partial charge >= 0.3 is 0 Å². The minimum absolute atomic E-state index is 0.137. The Morgan fingerprint density at radius 1 is 1.19 bits per heavy atom. The Hall–Kier alpha value is -1.30. The number of nitrogens with zero attached hydrogens (tertiary/aromatic N) is 1. The van der Waals surface area contributed by atoms with E-state index in [0.717, 1.165) is 24.7 Å². The Labute approximate surface area is 129 Å². The molecule has 0 spiro atoms. The molecular weight excluding hydrogens is 258 g/mol. The van der Waals surface area contributed by atoms with Crippen molar-refractivity contribution >= 4 is 0 Å². The number of hydrogen-bond donors (Lipinski definition) is 1. The van der Waals surface area contributed by atoms with Crippen LogP contribution in [0.25, 0.3) is 0 Å². The van der Waals surface area contributed by atoms with Crippen molar-refractivity contribution in [3.05, 3.63) is 35.4 Å². The molecule has 0 atom stereocenters. The van der Waals surface area contributed by atoms with E-state index in [9.17, 15) is 0 Å². The van der Waals surface area contributed by atoms with Crippen molar-refractivity contribution < 1.29 is 5.11 Å². The van der Waals surface area contributed by atoms with Crippen molar-refractivity contribution in [2.45, 2.75) is 58.0 Å². The Kier molecular flexibility index (Phi) is 6.79. The van der Waals surface area contributed by atoms with Gasteiger partial charge in [0.25, 0.3) is 0 Å². The van der Waals surface area contributed by atoms with Crippen LogP contribution in [0.15, 0.2) is 24.3 Å². The molecule has 1 aromatic rings. The SMILES string of the molecule is CCN(Cc1ccccc1C#CCCO)C1CCCCC1. The first kappa shape index (κ1) is 16.1. The zero-order chi connectivity index (χ0) is 14.9. The van der Waals surface area contributed by atoms with Gasteiger partial charge in [0, 0.05) is 24.6 Å². The molecule has 2 rings (SSSR count). The van der Waals surface area contributed by atoms with Gasteiger partial charge in [0.2, 0.25) is 0 Å². The summed E-state index contributed by atoms with van der Waals surface area (Å²) in [5.74, 6) is 6.25. The summed E-state index contributed by atoms with van der Waals surface area (Å²) in [7, 11) is 0. The number of aliphatic hydroxyl groups is 1. The van der Waals surface area contributed by atoms with Gasteiger partial charge < -0.3 is 5.11 Å². The molecule has 2 heteroatoms. The van der Waals surface area contributed by atoms with Crippen LogP contribution in [0.5, 0.6) is 0 Å². The number of hydrogen-bond acceptors (Lipinski definition) is 2. The molecule has 0 amide bonds. The van der Waals surface area contributed by atoms with Crippen LogP contribution in [-0.2, 0) is 6.54 Å². The molecule has 21 heavy (non-hydrogen) atoms. The second-order valence-electron chi connectivity index (χ2n) is 5.79. The van der Waals surface area contributed by atoms with Crippen LogP contribution in [0.4, 0.5) is 0 Å². The summed E-state index contributed by atoms with van der Waals surface area (Å²) in [6.45, 7) is 4.49. The van der Waals surface area contributed by atoms with E-state index in [1.807, 2.05) is 6.07 Å². The van der Waals surface area contributed by atoms with Crippen LogP contribution in [0.1, 0.15) is 56.6 Å². The van der Waals surface area contributed by atoms with Gasteiger partial charge in [-0.1, -0.05) is 56.2 Å². The summed E-state index contributed by atoms with van der Waals surface area (Å²) in [6.07, 6.45) is 7.38. The van der Waals surface area contributed by atoms with Crippen molar-refractivity contribution in [2.75, 3.05) is 13.2 Å². The fraction of sp³-hybridized carbons (Fsp3) is 0.579. The minimum atomic E-state index is 0.137.